The maximum Gasteiger partial charge on any atom is 0.410 e. The number of carbonyl (C=O) groups excluding carboxylic acids is 4. The van der Waals surface area contributed by atoms with E-state index in [0.29, 0.717) is 58.3 Å². The van der Waals surface area contributed by atoms with E-state index in [1.807, 2.05) is 46.7 Å². The van der Waals surface area contributed by atoms with Crippen LogP contribution in [-0.4, -0.2) is 109 Å². The number of likely N-dealkylation sites (tertiary alicyclic amines) is 1. The third kappa shape index (κ3) is 8.67. The van der Waals surface area contributed by atoms with Crippen LogP contribution in [0, 0.1) is 5.92 Å². The Bertz CT molecular complexity index is 830. The average molecular weight is 526 g/mol. The van der Waals surface area contributed by atoms with Crippen LogP contribution in [0.25, 0.3) is 0 Å². The number of hydrogen-bond donors (Lipinski definition) is 0. The van der Waals surface area contributed by atoms with Crippen LogP contribution < -0.4 is 0 Å². The minimum atomic E-state index is -0.907. The SMILES string of the molecule is CO[C@]1(C)CCCN(C(=O)OC(C)(C)C)C2(CCN(C(=O)CN(C)C)CC2)COC(=O)C(C)C(=O)CC1. The first kappa shape index (κ1) is 31.0. The zero-order valence-electron chi connectivity index (χ0n) is 24.1. The maximum absolute atomic E-state index is 13.6. The summed E-state index contributed by atoms with van der Waals surface area (Å²) in [6.45, 7) is 10.4. The predicted molar refractivity (Wildman–Crippen MR) is 139 cm³/mol. The highest BCUT2D eigenvalue weighted by Gasteiger charge is 2.46. The number of cyclic esters (lactones) is 1. The molecular formula is C27H47N3O7. The van der Waals surface area contributed by atoms with Crippen molar-refractivity contribution in [2.24, 2.45) is 5.92 Å². The molecule has 212 valence electrons. The van der Waals surface area contributed by atoms with E-state index in [9.17, 15) is 19.2 Å². The molecule has 2 rings (SSSR count). The molecule has 0 N–H and O–H groups in total. The molecule has 1 unspecified atom stereocenters. The van der Waals surface area contributed by atoms with Crippen LogP contribution in [0.15, 0.2) is 0 Å². The van der Waals surface area contributed by atoms with Gasteiger partial charge in [-0.15, -0.1) is 0 Å². The van der Waals surface area contributed by atoms with Crippen molar-refractivity contribution in [1.82, 2.24) is 14.7 Å². The Morgan fingerprint density at radius 2 is 1.70 bits per heavy atom. The molecule has 10 heteroatoms. The van der Waals surface area contributed by atoms with Crippen LogP contribution >= 0.6 is 0 Å². The lowest BCUT2D eigenvalue weighted by atomic mass is 9.85. The number of amides is 2. The third-order valence-corrected chi connectivity index (χ3v) is 7.48. The molecular weight excluding hydrogens is 478 g/mol. The van der Waals surface area contributed by atoms with Crippen LogP contribution in [0.4, 0.5) is 4.79 Å². The highest BCUT2D eigenvalue weighted by molar-refractivity contribution is 5.98. The number of ketones is 1. The Kier molecular flexibility index (Phi) is 10.5. The van der Waals surface area contributed by atoms with E-state index in [1.54, 1.807) is 23.8 Å². The largest absolute Gasteiger partial charge is 0.463 e. The predicted octanol–water partition coefficient (Wildman–Crippen LogP) is 2.87. The summed E-state index contributed by atoms with van der Waals surface area (Å²) >= 11 is 0. The number of Topliss-reactive ketones (excluding diaryl/α,β-unsaturated/α-hetero) is 1. The number of carbonyl (C=O) groups is 4. The second-order valence-corrected chi connectivity index (χ2v) is 12.0. The number of ether oxygens (including phenoxy) is 3. The van der Waals surface area contributed by atoms with Gasteiger partial charge < -0.3 is 24.0 Å². The molecule has 2 amide bonds. The first-order valence-electron chi connectivity index (χ1n) is 13.3. The number of hydrogen-bond acceptors (Lipinski definition) is 8. The number of methoxy groups -OCH3 is 1. The van der Waals surface area contributed by atoms with E-state index in [4.69, 9.17) is 14.2 Å². The van der Waals surface area contributed by atoms with Crippen molar-refractivity contribution in [3.63, 3.8) is 0 Å². The number of likely N-dealkylation sites (N-methyl/N-ethyl adjacent to an activating group) is 1. The van der Waals surface area contributed by atoms with Gasteiger partial charge in [-0.25, -0.2) is 4.79 Å². The second kappa shape index (κ2) is 12.6. The Morgan fingerprint density at radius 1 is 1.08 bits per heavy atom. The molecule has 2 aliphatic heterocycles. The van der Waals surface area contributed by atoms with Crippen molar-refractivity contribution in [1.29, 1.82) is 0 Å². The first-order chi connectivity index (χ1) is 17.1. The smallest absolute Gasteiger partial charge is 0.410 e. The van der Waals surface area contributed by atoms with Gasteiger partial charge in [-0.3, -0.25) is 19.3 Å². The molecule has 0 aromatic heterocycles. The molecule has 0 bridgehead atoms. The highest BCUT2D eigenvalue weighted by Crippen LogP contribution is 2.34. The van der Waals surface area contributed by atoms with Gasteiger partial charge in [-0.1, -0.05) is 0 Å². The van der Waals surface area contributed by atoms with E-state index in [2.05, 4.69) is 0 Å². The van der Waals surface area contributed by atoms with Gasteiger partial charge in [0.25, 0.3) is 0 Å². The Hall–Kier alpha value is -2.20. The number of esters is 1. The van der Waals surface area contributed by atoms with E-state index >= 15 is 0 Å². The number of piperidine rings is 1. The van der Waals surface area contributed by atoms with Crippen LogP contribution in [-0.2, 0) is 28.6 Å². The highest BCUT2D eigenvalue weighted by atomic mass is 16.6. The molecule has 2 heterocycles. The van der Waals surface area contributed by atoms with Crippen molar-refractivity contribution in [3.8, 4) is 0 Å². The fourth-order valence-electron chi connectivity index (χ4n) is 4.88. The van der Waals surface area contributed by atoms with E-state index in [0.717, 1.165) is 0 Å². The Balaban J connectivity index is 2.41. The van der Waals surface area contributed by atoms with Gasteiger partial charge in [-0.05, 0) is 80.8 Å². The summed E-state index contributed by atoms with van der Waals surface area (Å²) in [5.41, 5.74) is -2.13. The zero-order valence-corrected chi connectivity index (χ0v) is 24.1. The lowest BCUT2D eigenvalue weighted by molar-refractivity contribution is -0.158. The minimum absolute atomic E-state index is 0.0142. The van der Waals surface area contributed by atoms with Crippen molar-refractivity contribution >= 4 is 23.8 Å². The number of nitrogens with zero attached hydrogens (tertiary/aromatic N) is 3. The molecule has 2 atom stereocenters. The second-order valence-electron chi connectivity index (χ2n) is 12.0. The van der Waals surface area contributed by atoms with Gasteiger partial charge in [0.1, 0.15) is 23.9 Å². The molecule has 37 heavy (non-hydrogen) atoms. The molecule has 2 saturated heterocycles. The van der Waals surface area contributed by atoms with Gasteiger partial charge in [0, 0.05) is 33.2 Å². The normalized spacial score (nSPS) is 26.2. The Labute approximate surface area is 221 Å². The van der Waals surface area contributed by atoms with Gasteiger partial charge in [0.15, 0.2) is 0 Å². The molecule has 0 aromatic rings. The summed E-state index contributed by atoms with van der Waals surface area (Å²) in [6, 6.07) is 0. The fraction of sp³-hybridized carbons (Fsp3) is 0.852. The molecule has 2 aliphatic rings. The van der Waals surface area contributed by atoms with Crippen LogP contribution in [0.5, 0.6) is 0 Å². The Morgan fingerprint density at radius 3 is 2.24 bits per heavy atom. The monoisotopic (exact) mass is 525 g/mol. The standard InChI is InChI=1S/C27H47N3O7/c1-20-21(31)10-12-26(5,35-8)11-9-15-30(24(34)37-25(2,3)4)27(19-36-23(20)33)13-16-29(17-14-27)22(32)18-28(6)7/h20H,9-19H2,1-8H3/t20?,26-/m1/s1. The van der Waals surface area contributed by atoms with Gasteiger partial charge in [0.05, 0.1) is 17.7 Å². The number of rotatable bonds is 3. The maximum atomic E-state index is 13.6. The molecule has 2 fully saturated rings. The van der Waals surface area contributed by atoms with Crippen LogP contribution in [0.3, 0.4) is 0 Å². The average Bonchev–Trinajstić information content (AvgIpc) is 2.81. The third-order valence-electron chi connectivity index (χ3n) is 7.48. The van der Waals surface area contributed by atoms with Crippen molar-refractivity contribution in [2.45, 2.75) is 89.9 Å². The molecule has 1 spiro atoms. The summed E-state index contributed by atoms with van der Waals surface area (Å²) in [6.07, 6.45) is 2.32. The summed E-state index contributed by atoms with van der Waals surface area (Å²) in [5, 5.41) is 0. The topological polar surface area (TPSA) is 106 Å². The van der Waals surface area contributed by atoms with Crippen molar-refractivity contribution in [3.05, 3.63) is 0 Å². The fourth-order valence-corrected chi connectivity index (χ4v) is 4.88. The van der Waals surface area contributed by atoms with E-state index in [-0.39, 0.29) is 24.7 Å². The molecule has 0 aliphatic carbocycles. The van der Waals surface area contributed by atoms with E-state index < -0.39 is 34.7 Å². The van der Waals surface area contributed by atoms with Crippen molar-refractivity contribution in [2.75, 3.05) is 54.0 Å². The van der Waals surface area contributed by atoms with E-state index in [1.165, 1.54) is 0 Å². The summed E-state index contributed by atoms with van der Waals surface area (Å²) in [7, 11) is 5.31. The zero-order chi connectivity index (χ0) is 28.0. The minimum Gasteiger partial charge on any atom is -0.463 e. The van der Waals surface area contributed by atoms with Gasteiger partial charge in [-0.2, -0.15) is 0 Å². The molecule has 0 aromatic carbocycles. The molecule has 0 saturated carbocycles. The van der Waals surface area contributed by atoms with Gasteiger partial charge in [0.2, 0.25) is 5.91 Å². The lowest BCUT2D eigenvalue weighted by Crippen LogP contribution is -2.62. The molecule has 10 nitrogen and oxygen atoms in total. The first-order valence-corrected chi connectivity index (χ1v) is 13.3. The van der Waals surface area contributed by atoms with Gasteiger partial charge >= 0.3 is 12.1 Å². The lowest BCUT2D eigenvalue weighted by Gasteiger charge is -2.48. The quantitative estimate of drug-likeness (QED) is 0.409. The van der Waals surface area contributed by atoms with Crippen LogP contribution in [0.1, 0.15) is 73.1 Å². The summed E-state index contributed by atoms with van der Waals surface area (Å²) in [5.74, 6) is -1.68. The summed E-state index contributed by atoms with van der Waals surface area (Å²) in [4.78, 5) is 57.2. The summed E-state index contributed by atoms with van der Waals surface area (Å²) < 4.78 is 17.3. The van der Waals surface area contributed by atoms with Crippen LogP contribution in [0.2, 0.25) is 0 Å². The van der Waals surface area contributed by atoms with Crippen molar-refractivity contribution < 1.29 is 33.4 Å². The molecule has 0 radical (unpaired) electrons.